The van der Waals surface area contributed by atoms with Crippen molar-refractivity contribution >= 4 is 28.8 Å². The Morgan fingerprint density at radius 1 is 1.19 bits per heavy atom. The van der Waals surface area contributed by atoms with E-state index in [0.717, 1.165) is 70.1 Å². The summed E-state index contributed by atoms with van der Waals surface area (Å²) in [6, 6.07) is 9.77. The lowest BCUT2D eigenvalue weighted by atomic mass is 9.83. The van der Waals surface area contributed by atoms with Crippen molar-refractivity contribution in [1.29, 1.82) is 5.26 Å². The highest BCUT2D eigenvalue weighted by atomic mass is 32.1. The lowest BCUT2D eigenvalue weighted by Crippen LogP contribution is -2.13. The Balaban J connectivity index is 1.44. The molecule has 1 saturated carbocycles. The normalized spacial score (nSPS) is 18.4. The van der Waals surface area contributed by atoms with Crippen molar-refractivity contribution in [1.82, 2.24) is 24.8 Å². The van der Waals surface area contributed by atoms with Crippen LogP contribution >= 0.6 is 11.3 Å². The van der Waals surface area contributed by atoms with Crippen molar-refractivity contribution in [2.45, 2.75) is 31.6 Å². The molecular weight excluding hydrogens is 422 g/mol. The molecule has 32 heavy (non-hydrogen) atoms. The number of anilines is 1. The fourth-order valence-corrected chi connectivity index (χ4v) is 5.27. The highest BCUT2D eigenvalue weighted by molar-refractivity contribution is 7.14. The summed E-state index contributed by atoms with van der Waals surface area (Å²) >= 11 is 1.60. The molecule has 0 aliphatic heterocycles. The highest BCUT2D eigenvalue weighted by Gasteiger charge is 2.25. The van der Waals surface area contributed by atoms with Gasteiger partial charge < -0.3 is 10.1 Å². The molecule has 1 N–H and O–H groups in total. The van der Waals surface area contributed by atoms with Crippen molar-refractivity contribution in [3.05, 3.63) is 47.2 Å². The van der Waals surface area contributed by atoms with Crippen molar-refractivity contribution in [2.75, 3.05) is 12.4 Å². The summed E-state index contributed by atoms with van der Waals surface area (Å²) in [5, 5.41) is 27.5. The number of hydrogen-bond donors (Lipinski definition) is 1. The van der Waals surface area contributed by atoms with Gasteiger partial charge in [-0.05, 0) is 49.9 Å². The minimum absolute atomic E-state index is 0.192. The van der Waals surface area contributed by atoms with Gasteiger partial charge in [0.25, 0.3) is 0 Å². The van der Waals surface area contributed by atoms with Crippen LogP contribution in [0.5, 0.6) is 0 Å². The van der Waals surface area contributed by atoms with Gasteiger partial charge in [-0.25, -0.2) is 4.52 Å². The third kappa shape index (κ3) is 3.63. The lowest BCUT2D eigenvalue weighted by Gasteiger charge is -2.23. The fraction of sp³-hybridized carbons (Fsp3) is 0.304. The summed E-state index contributed by atoms with van der Waals surface area (Å²) in [7, 11) is 1.87. The van der Waals surface area contributed by atoms with E-state index in [1.807, 2.05) is 31.4 Å². The van der Waals surface area contributed by atoms with E-state index in [-0.39, 0.29) is 5.92 Å². The number of rotatable bonds is 5. The molecule has 1 fully saturated rings. The molecule has 0 saturated heterocycles. The van der Waals surface area contributed by atoms with Gasteiger partial charge in [-0.15, -0.1) is 10.2 Å². The van der Waals surface area contributed by atoms with E-state index in [0.29, 0.717) is 11.5 Å². The van der Waals surface area contributed by atoms with Crippen LogP contribution in [0.1, 0.15) is 42.2 Å². The van der Waals surface area contributed by atoms with Crippen LogP contribution in [0.25, 0.3) is 27.5 Å². The molecule has 1 aliphatic rings. The zero-order valence-electron chi connectivity index (χ0n) is 17.5. The Labute approximate surface area is 189 Å². The van der Waals surface area contributed by atoms with Crippen molar-refractivity contribution in [3.63, 3.8) is 0 Å². The summed E-state index contributed by atoms with van der Waals surface area (Å²) in [5.74, 6) is 0.566. The maximum atomic E-state index is 11.0. The maximum absolute atomic E-state index is 11.0. The monoisotopic (exact) mass is 443 g/mol. The Bertz CT molecular complexity index is 1330. The van der Waals surface area contributed by atoms with Crippen LogP contribution in [-0.2, 0) is 4.79 Å². The Morgan fingerprint density at radius 3 is 2.78 bits per heavy atom. The molecule has 0 atom stereocenters. The number of pyridine rings is 1. The van der Waals surface area contributed by atoms with Crippen LogP contribution in [-0.4, -0.2) is 38.1 Å². The van der Waals surface area contributed by atoms with Gasteiger partial charge in [-0.2, -0.15) is 10.4 Å². The number of nitrogens with one attached hydrogen (secondary N) is 1. The third-order valence-corrected chi connectivity index (χ3v) is 7.17. The van der Waals surface area contributed by atoms with Crippen LogP contribution < -0.4 is 5.32 Å². The average Bonchev–Trinajstić information content (AvgIpc) is 3.51. The molecule has 0 amide bonds. The predicted molar refractivity (Wildman–Crippen MR) is 122 cm³/mol. The molecule has 160 valence electrons. The SMILES string of the molecule is CNc1cc(-c2ccc3cc(C#N)cnn23)ncc1-c1nnc(C2CCC(C=O)CC2)s1. The van der Waals surface area contributed by atoms with Gasteiger partial charge in [0.2, 0.25) is 0 Å². The topological polar surface area (TPSA) is 109 Å². The highest BCUT2D eigenvalue weighted by Crippen LogP contribution is 2.39. The van der Waals surface area contributed by atoms with Gasteiger partial charge in [0.1, 0.15) is 17.4 Å². The maximum Gasteiger partial charge on any atom is 0.151 e. The number of fused-ring (bicyclic) bond motifs is 1. The van der Waals surface area contributed by atoms with E-state index in [2.05, 4.69) is 31.7 Å². The van der Waals surface area contributed by atoms with E-state index in [1.165, 1.54) is 0 Å². The van der Waals surface area contributed by atoms with E-state index in [1.54, 1.807) is 28.1 Å². The molecule has 0 unspecified atom stereocenters. The first-order chi connectivity index (χ1) is 15.7. The fourth-order valence-electron chi connectivity index (χ4n) is 4.24. The Kier molecular flexibility index (Phi) is 5.37. The minimum atomic E-state index is 0.192. The molecule has 4 aromatic heterocycles. The smallest absolute Gasteiger partial charge is 0.151 e. The quantitative estimate of drug-likeness (QED) is 0.458. The average molecular weight is 444 g/mol. The van der Waals surface area contributed by atoms with E-state index in [9.17, 15) is 4.79 Å². The molecule has 4 heterocycles. The van der Waals surface area contributed by atoms with Crippen LogP contribution in [0.2, 0.25) is 0 Å². The summed E-state index contributed by atoms with van der Waals surface area (Å²) in [4.78, 5) is 15.7. The van der Waals surface area contributed by atoms with Crippen LogP contribution in [0, 0.1) is 17.2 Å². The number of hydrogen-bond acceptors (Lipinski definition) is 8. The predicted octanol–water partition coefficient (Wildman–Crippen LogP) is 4.30. The third-order valence-electron chi connectivity index (χ3n) is 6.05. The van der Waals surface area contributed by atoms with Crippen LogP contribution in [0.3, 0.4) is 0 Å². The first kappa shape index (κ1) is 20.3. The molecule has 0 spiro atoms. The zero-order valence-corrected chi connectivity index (χ0v) is 18.3. The Morgan fingerprint density at radius 2 is 2.03 bits per heavy atom. The zero-order chi connectivity index (χ0) is 22.1. The van der Waals surface area contributed by atoms with Crippen molar-refractivity contribution in [3.8, 4) is 28.0 Å². The Hall–Kier alpha value is -3.64. The van der Waals surface area contributed by atoms with Crippen molar-refractivity contribution < 1.29 is 4.79 Å². The number of nitrogens with zero attached hydrogens (tertiary/aromatic N) is 6. The van der Waals surface area contributed by atoms with Crippen molar-refractivity contribution in [2.24, 2.45) is 5.92 Å². The standard InChI is InChI=1S/C23H21N7OS/c1-25-19-9-20(21-7-6-17-8-15(10-24)11-27-30(17)21)26-12-18(19)23-29-28-22(32-23)16-4-2-14(13-31)3-5-16/h6-9,11-14,16H,2-5H2,1H3,(H,25,26). The lowest BCUT2D eigenvalue weighted by molar-refractivity contribution is -0.111. The molecule has 9 heteroatoms. The van der Waals surface area contributed by atoms with E-state index >= 15 is 0 Å². The van der Waals surface area contributed by atoms with E-state index < -0.39 is 0 Å². The van der Waals surface area contributed by atoms with Gasteiger partial charge >= 0.3 is 0 Å². The second-order valence-corrected chi connectivity index (χ2v) is 8.98. The van der Waals surface area contributed by atoms with E-state index in [4.69, 9.17) is 5.26 Å². The second-order valence-electron chi connectivity index (χ2n) is 7.97. The molecule has 4 aromatic rings. The molecule has 8 nitrogen and oxygen atoms in total. The number of carbonyl (C=O) groups is 1. The molecule has 1 aliphatic carbocycles. The largest absolute Gasteiger partial charge is 0.387 e. The molecular formula is C23H21N7OS. The number of aromatic nitrogens is 5. The number of aldehydes is 1. The minimum Gasteiger partial charge on any atom is -0.387 e. The second kappa shape index (κ2) is 8.48. The summed E-state index contributed by atoms with van der Waals surface area (Å²) in [6.45, 7) is 0. The van der Waals surface area contributed by atoms with Crippen LogP contribution in [0.15, 0.2) is 36.7 Å². The number of carbonyl (C=O) groups excluding carboxylic acids is 1. The summed E-state index contributed by atoms with van der Waals surface area (Å²) < 4.78 is 1.78. The number of nitriles is 1. The van der Waals surface area contributed by atoms with Gasteiger partial charge in [0, 0.05) is 30.8 Å². The first-order valence-corrected chi connectivity index (χ1v) is 11.4. The van der Waals surface area contributed by atoms with Gasteiger partial charge in [0.15, 0.2) is 5.01 Å². The van der Waals surface area contributed by atoms with Gasteiger partial charge in [-0.1, -0.05) is 11.3 Å². The van der Waals surface area contributed by atoms with Crippen LogP contribution in [0.4, 0.5) is 5.69 Å². The molecule has 0 aromatic carbocycles. The first-order valence-electron chi connectivity index (χ1n) is 10.5. The van der Waals surface area contributed by atoms with Gasteiger partial charge in [-0.3, -0.25) is 4.98 Å². The summed E-state index contributed by atoms with van der Waals surface area (Å²) in [5.41, 5.74) is 4.79. The molecule has 0 radical (unpaired) electrons. The molecule has 0 bridgehead atoms. The van der Waals surface area contributed by atoms with Gasteiger partial charge in [0.05, 0.1) is 34.2 Å². The molecule has 5 rings (SSSR count). The summed E-state index contributed by atoms with van der Waals surface area (Å²) in [6.07, 6.45) is 8.27.